The zero-order valence-electron chi connectivity index (χ0n) is 11.6. The lowest BCUT2D eigenvalue weighted by Crippen LogP contribution is -2.19. The Bertz CT molecular complexity index is 596. The van der Waals surface area contributed by atoms with E-state index in [1.54, 1.807) is 6.20 Å². The number of hydrogen-bond donors (Lipinski definition) is 2. The number of hydrogen-bond acceptors (Lipinski definition) is 2. The number of aryl methyl sites for hydroxylation is 3. The van der Waals surface area contributed by atoms with Crippen LogP contribution in [0.5, 0.6) is 0 Å². The summed E-state index contributed by atoms with van der Waals surface area (Å²) in [6.07, 6.45) is 1.77. The van der Waals surface area contributed by atoms with E-state index < -0.39 is 0 Å². The van der Waals surface area contributed by atoms with Gasteiger partial charge in [0, 0.05) is 12.7 Å². The molecule has 0 amide bonds. The molecule has 0 aliphatic heterocycles. The Labute approximate surface area is 118 Å². The van der Waals surface area contributed by atoms with Crippen molar-refractivity contribution in [2.45, 2.75) is 20.8 Å². The quantitative estimate of drug-likeness (QED) is 0.826. The monoisotopic (exact) mass is 274 g/mol. The molecular weight excluding hydrogens is 256 g/mol. The highest BCUT2D eigenvalue weighted by Crippen LogP contribution is 2.16. The van der Waals surface area contributed by atoms with Gasteiger partial charge in [0.2, 0.25) is 0 Å². The lowest BCUT2D eigenvalue weighted by molar-refractivity contribution is 0.740. The van der Waals surface area contributed by atoms with Gasteiger partial charge in [0.15, 0.2) is 5.11 Å². The van der Waals surface area contributed by atoms with Gasteiger partial charge in [-0.2, -0.15) is 5.10 Å². The summed E-state index contributed by atoms with van der Waals surface area (Å²) in [4.78, 5) is 0. The molecule has 1 aromatic carbocycles. The van der Waals surface area contributed by atoms with Crippen molar-refractivity contribution in [1.29, 1.82) is 0 Å². The average Bonchev–Trinajstić information content (AvgIpc) is 2.59. The van der Waals surface area contributed by atoms with Crippen molar-refractivity contribution in [2.75, 3.05) is 10.6 Å². The van der Waals surface area contributed by atoms with E-state index in [1.165, 1.54) is 11.1 Å². The summed E-state index contributed by atoms with van der Waals surface area (Å²) in [5.74, 6) is 0. The number of anilines is 2. The van der Waals surface area contributed by atoms with Gasteiger partial charge < -0.3 is 10.6 Å². The van der Waals surface area contributed by atoms with Crippen LogP contribution in [0.1, 0.15) is 16.8 Å². The second-order valence-electron chi connectivity index (χ2n) is 4.72. The van der Waals surface area contributed by atoms with Gasteiger partial charge in [-0.3, -0.25) is 4.68 Å². The Kier molecular flexibility index (Phi) is 3.85. The molecule has 0 atom stereocenters. The molecule has 100 valence electrons. The Morgan fingerprint density at radius 1 is 1.11 bits per heavy atom. The zero-order chi connectivity index (χ0) is 14.0. The van der Waals surface area contributed by atoms with Crippen molar-refractivity contribution in [2.24, 2.45) is 7.05 Å². The molecule has 0 bridgehead atoms. The van der Waals surface area contributed by atoms with Crippen molar-refractivity contribution in [3.05, 3.63) is 41.2 Å². The topological polar surface area (TPSA) is 41.9 Å². The van der Waals surface area contributed by atoms with Crippen LogP contribution in [0.25, 0.3) is 0 Å². The van der Waals surface area contributed by atoms with E-state index in [9.17, 15) is 0 Å². The largest absolute Gasteiger partial charge is 0.332 e. The van der Waals surface area contributed by atoms with Crippen LogP contribution in [0.4, 0.5) is 11.4 Å². The summed E-state index contributed by atoms with van der Waals surface area (Å²) in [5, 5.41) is 11.1. The third kappa shape index (κ3) is 3.32. The predicted octanol–water partition coefficient (Wildman–Crippen LogP) is 3.15. The minimum absolute atomic E-state index is 0.570. The van der Waals surface area contributed by atoms with Crippen molar-refractivity contribution < 1.29 is 0 Å². The molecule has 0 radical (unpaired) electrons. The van der Waals surface area contributed by atoms with E-state index >= 15 is 0 Å². The Balaban J connectivity index is 2.07. The van der Waals surface area contributed by atoms with E-state index in [1.807, 2.05) is 18.7 Å². The fourth-order valence-electron chi connectivity index (χ4n) is 1.95. The minimum atomic E-state index is 0.570. The van der Waals surface area contributed by atoms with Gasteiger partial charge in [-0.05, 0) is 56.2 Å². The molecule has 0 fully saturated rings. The SMILES string of the molecule is Cc1cc(C)cc(NC(=S)Nc2cnn(C)c2C)c1. The number of nitrogens with zero attached hydrogens (tertiary/aromatic N) is 2. The highest BCUT2D eigenvalue weighted by Gasteiger charge is 2.05. The third-order valence-corrected chi connectivity index (χ3v) is 3.17. The summed E-state index contributed by atoms with van der Waals surface area (Å²) in [6, 6.07) is 6.26. The third-order valence-electron chi connectivity index (χ3n) is 2.96. The molecule has 0 spiro atoms. The molecule has 4 nitrogen and oxygen atoms in total. The summed E-state index contributed by atoms with van der Waals surface area (Å²) in [5.41, 5.74) is 5.39. The fraction of sp³-hybridized carbons (Fsp3) is 0.286. The maximum absolute atomic E-state index is 5.31. The summed E-state index contributed by atoms with van der Waals surface area (Å²) >= 11 is 5.31. The second-order valence-corrected chi connectivity index (χ2v) is 5.13. The molecule has 2 rings (SSSR count). The maximum atomic E-state index is 5.31. The molecule has 5 heteroatoms. The van der Waals surface area contributed by atoms with Gasteiger partial charge >= 0.3 is 0 Å². The van der Waals surface area contributed by atoms with Crippen molar-refractivity contribution in [1.82, 2.24) is 9.78 Å². The summed E-state index contributed by atoms with van der Waals surface area (Å²) < 4.78 is 1.81. The Morgan fingerprint density at radius 3 is 2.26 bits per heavy atom. The van der Waals surface area contributed by atoms with E-state index in [-0.39, 0.29) is 0 Å². The van der Waals surface area contributed by atoms with Gasteiger partial charge in [0.05, 0.1) is 17.6 Å². The number of benzene rings is 1. The number of thiocarbonyl (C=S) groups is 1. The molecule has 2 aromatic rings. The molecule has 1 aromatic heterocycles. The molecule has 0 aliphatic carbocycles. The standard InChI is InChI=1S/C14H18N4S/c1-9-5-10(2)7-12(6-9)16-14(19)17-13-8-15-18(4)11(13)3/h5-8H,1-4H3,(H2,16,17,19). The van der Waals surface area contributed by atoms with Gasteiger partial charge in [-0.1, -0.05) is 6.07 Å². The van der Waals surface area contributed by atoms with E-state index in [2.05, 4.69) is 47.8 Å². The molecule has 1 heterocycles. The van der Waals surface area contributed by atoms with Crippen LogP contribution in [-0.2, 0) is 7.05 Å². The lowest BCUT2D eigenvalue weighted by Gasteiger charge is -2.11. The first-order valence-electron chi connectivity index (χ1n) is 6.10. The molecule has 0 saturated carbocycles. The summed E-state index contributed by atoms with van der Waals surface area (Å²) in [6.45, 7) is 6.13. The van der Waals surface area contributed by atoms with Gasteiger partial charge in [-0.15, -0.1) is 0 Å². The average molecular weight is 274 g/mol. The van der Waals surface area contributed by atoms with Crippen LogP contribution in [-0.4, -0.2) is 14.9 Å². The van der Waals surface area contributed by atoms with E-state index in [0.717, 1.165) is 17.1 Å². The Hall–Kier alpha value is -1.88. The predicted molar refractivity (Wildman–Crippen MR) is 83.7 cm³/mol. The van der Waals surface area contributed by atoms with Crippen LogP contribution in [0.15, 0.2) is 24.4 Å². The van der Waals surface area contributed by atoms with Gasteiger partial charge in [-0.25, -0.2) is 0 Å². The van der Waals surface area contributed by atoms with Gasteiger partial charge in [0.1, 0.15) is 0 Å². The van der Waals surface area contributed by atoms with Crippen LogP contribution in [0, 0.1) is 20.8 Å². The molecular formula is C14H18N4S. The second kappa shape index (κ2) is 5.40. The number of rotatable bonds is 2. The van der Waals surface area contributed by atoms with Crippen LogP contribution in [0.3, 0.4) is 0 Å². The first-order valence-corrected chi connectivity index (χ1v) is 6.51. The molecule has 0 saturated heterocycles. The minimum Gasteiger partial charge on any atom is -0.332 e. The maximum Gasteiger partial charge on any atom is 0.175 e. The van der Waals surface area contributed by atoms with Crippen molar-refractivity contribution >= 4 is 28.7 Å². The highest BCUT2D eigenvalue weighted by atomic mass is 32.1. The first kappa shape index (κ1) is 13.5. The van der Waals surface area contributed by atoms with Crippen molar-refractivity contribution in [3.8, 4) is 0 Å². The van der Waals surface area contributed by atoms with Crippen molar-refractivity contribution in [3.63, 3.8) is 0 Å². The number of nitrogens with one attached hydrogen (secondary N) is 2. The van der Waals surface area contributed by atoms with Crippen LogP contribution in [0.2, 0.25) is 0 Å². The normalized spacial score (nSPS) is 10.3. The fourth-order valence-corrected chi connectivity index (χ4v) is 2.18. The first-order chi connectivity index (χ1) is 8.95. The molecule has 19 heavy (non-hydrogen) atoms. The van der Waals surface area contributed by atoms with Crippen LogP contribution < -0.4 is 10.6 Å². The zero-order valence-corrected chi connectivity index (χ0v) is 12.4. The molecule has 2 N–H and O–H groups in total. The lowest BCUT2D eigenvalue weighted by atomic mass is 10.1. The number of aromatic nitrogens is 2. The van der Waals surface area contributed by atoms with E-state index in [0.29, 0.717) is 5.11 Å². The van der Waals surface area contributed by atoms with E-state index in [4.69, 9.17) is 12.2 Å². The summed E-state index contributed by atoms with van der Waals surface area (Å²) in [7, 11) is 1.90. The molecule has 0 aliphatic rings. The smallest absolute Gasteiger partial charge is 0.175 e. The molecule has 0 unspecified atom stereocenters. The van der Waals surface area contributed by atoms with Crippen LogP contribution >= 0.6 is 12.2 Å². The van der Waals surface area contributed by atoms with Gasteiger partial charge in [0.25, 0.3) is 0 Å². The highest BCUT2D eigenvalue weighted by molar-refractivity contribution is 7.80. The Morgan fingerprint density at radius 2 is 1.74 bits per heavy atom.